The first kappa shape index (κ1) is 14.5. The molecule has 4 aliphatic carbocycles. The van der Waals surface area contributed by atoms with Gasteiger partial charge in [0.25, 0.3) is 0 Å². The Kier molecular flexibility index (Phi) is 3.63. The Morgan fingerprint density at radius 1 is 1.18 bits per heavy atom. The van der Waals surface area contributed by atoms with Gasteiger partial charge >= 0.3 is 0 Å². The van der Waals surface area contributed by atoms with Crippen molar-refractivity contribution in [2.75, 3.05) is 0 Å². The standard InChI is InChI=1S/C21H28O/c1-2-3-11-21-12-4-5-20(21)19-8-6-15-14-16(22)7-9-17(15)18(19)10-13-21/h2-3,14,19-20H,4-13H2,1H3/b3-2-/t19-,20+,21+/m1/s1. The molecule has 0 N–H and O–H groups in total. The average molecular weight is 296 g/mol. The quantitative estimate of drug-likeness (QED) is 0.612. The van der Waals surface area contributed by atoms with Gasteiger partial charge in [0.2, 0.25) is 0 Å². The minimum atomic E-state index is 0.358. The Morgan fingerprint density at radius 2 is 2.09 bits per heavy atom. The molecule has 2 fully saturated rings. The summed E-state index contributed by atoms with van der Waals surface area (Å²) < 4.78 is 0. The highest BCUT2D eigenvalue weighted by Gasteiger charge is 2.50. The van der Waals surface area contributed by atoms with E-state index < -0.39 is 0 Å². The van der Waals surface area contributed by atoms with E-state index in [0.717, 1.165) is 31.1 Å². The molecule has 0 radical (unpaired) electrons. The van der Waals surface area contributed by atoms with E-state index in [1.54, 1.807) is 11.1 Å². The summed E-state index contributed by atoms with van der Waals surface area (Å²) in [6.07, 6.45) is 19.2. The normalized spacial score (nSPS) is 37.9. The summed E-state index contributed by atoms with van der Waals surface area (Å²) in [6.45, 7) is 2.16. The fraction of sp³-hybridized carbons (Fsp3) is 0.667. The first-order valence-corrected chi connectivity index (χ1v) is 9.30. The molecule has 0 amide bonds. The van der Waals surface area contributed by atoms with Gasteiger partial charge in [-0.15, -0.1) is 0 Å². The van der Waals surface area contributed by atoms with Crippen molar-refractivity contribution in [3.63, 3.8) is 0 Å². The predicted octanol–water partition coefficient (Wildman–Crippen LogP) is 5.53. The van der Waals surface area contributed by atoms with Crippen molar-refractivity contribution in [3.8, 4) is 0 Å². The number of carbonyl (C=O) groups excluding carboxylic acids is 1. The second kappa shape index (κ2) is 5.51. The number of hydrogen-bond acceptors (Lipinski definition) is 1. The molecule has 0 aromatic heterocycles. The third kappa shape index (κ3) is 2.16. The van der Waals surface area contributed by atoms with Crippen molar-refractivity contribution < 1.29 is 4.79 Å². The Hall–Kier alpha value is -1.11. The summed E-state index contributed by atoms with van der Waals surface area (Å²) in [5.74, 6) is 2.11. The molecule has 4 aliphatic rings. The van der Waals surface area contributed by atoms with E-state index in [-0.39, 0.29) is 0 Å². The van der Waals surface area contributed by atoms with Crippen molar-refractivity contribution in [2.24, 2.45) is 17.3 Å². The molecular weight excluding hydrogens is 268 g/mol. The van der Waals surface area contributed by atoms with Crippen LogP contribution in [0.1, 0.15) is 71.1 Å². The second-order valence-corrected chi connectivity index (χ2v) is 7.92. The smallest absolute Gasteiger partial charge is 0.156 e. The van der Waals surface area contributed by atoms with Crippen molar-refractivity contribution in [1.82, 2.24) is 0 Å². The maximum absolute atomic E-state index is 11.7. The van der Waals surface area contributed by atoms with E-state index in [9.17, 15) is 4.79 Å². The Balaban J connectivity index is 1.69. The van der Waals surface area contributed by atoms with Crippen molar-refractivity contribution in [2.45, 2.75) is 71.1 Å². The van der Waals surface area contributed by atoms with E-state index >= 15 is 0 Å². The number of ketones is 1. The predicted molar refractivity (Wildman–Crippen MR) is 90.5 cm³/mol. The van der Waals surface area contributed by atoms with Crippen LogP contribution in [0.5, 0.6) is 0 Å². The minimum absolute atomic E-state index is 0.358. The van der Waals surface area contributed by atoms with Crippen LogP contribution in [0.15, 0.2) is 34.9 Å². The molecule has 1 nitrogen and oxygen atoms in total. The number of rotatable bonds is 2. The molecule has 118 valence electrons. The van der Waals surface area contributed by atoms with Crippen LogP contribution in [0.25, 0.3) is 0 Å². The van der Waals surface area contributed by atoms with E-state index in [2.05, 4.69) is 19.1 Å². The van der Waals surface area contributed by atoms with E-state index in [0.29, 0.717) is 11.2 Å². The van der Waals surface area contributed by atoms with Gasteiger partial charge in [0, 0.05) is 6.42 Å². The molecule has 2 saturated carbocycles. The Morgan fingerprint density at radius 3 is 2.95 bits per heavy atom. The summed E-state index contributed by atoms with van der Waals surface area (Å²) in [7, 11) is 0. The lowest BCUT2D eigenvalue weighted by Crippen LogP contribution is -2.38. The van der Waals surface area contributed by atoms with Crippen LogP contribution in [-0.2, 0) is 4.79 Å². The first-order chi connectivity index (χ1) is 10.7. The van der Waals surface area contributed by atoms with E-state index in [4.69, 9.17) is 0 Å². The van der Waals surface area contributed by atoms with Gasteiger partial charge in [-0.3, -0.25) is 4.79 Å². The number of carbonyl (C=O) groups is 1. The molecule has 0 aliphatic heterocycles. The molecule has 0 aromatic carbocycles. The SMILES string of the molecule is C/C=C\C[C@@]12CCC[C@H]1[C@@H]1CCC3=CC(=O)CCC3=C1CC2. The van der Waals surface area contributed by atoms with Gasteiger partial charge in [-0.25, -0.2) is 0 Å². The van der Waals surface area contributed by atoms with Crippen LogP contribution >= 0.6 is 0 Å². The van der Waals surface area contributed by atoms with Crippen LogP contribution in [0.3, 0.4) is 0 Å². The lowest BCUT2D eigenvalue weighted by molar-refractivity contribution is -0.114. The van der Waals surface area contributed by atoms with Gasteiger partial charge in [-0.1, -0.05) is 24.1 Å². The molecule has 0 saturated heterocycles. The maximum atomic E-state index is 11.7. The topological polar surface area (TPSA) is 17.1 Å². The molecular formula is C21H28O. The summed E-state index contributed by atoms with van der Waals surface area (Å²) in [5.41, 5.74) is 5.39. The van der Waals surface area contributed by atoms with Crippen LogP contribution in [0, 0.1) is 17.3 Å². The van der Waals surface area contributed by atoms with Gasteiger partial charge in [0.1, 0.15) is 0 Å². The van der Waals surface area contributed by atoms with Crippen LogP contribution in [0.4, 0.5) is 0 Å². The van der Waals surface area contributed by atoms with Gasteiger partial charge in [-0.05, 0) is 92.8 Å². The number of hydrogen-bond donors (Lipinski definition) is 0. The van der Waals surface area contributed by atoms with E-state index in [1.165, 1.54) is 50.5 Å². The summed E-state index contributed by atoms with van der Waals surface area (Å²) >= 11 is 0. The lowest BCUT2D eigenvalue weighted by Gasteiger charge is -2.48. The fourth-order valence-corrected chi connectivity index (χ4v) is 6.04. The van der Waals surface area contributed by atoms with Crippen molar-refractivity contribution in [1.29, 1.82) is 0 Å². The monoisotopic (exact) mass is 296 g/mol. The minimum Gasteiger partial charge on any atom is -0.295 e. The molecule has 1 heteroatoms. The van der Waals surface area contributed by atoms with Crippen molar-refractivity contribution >= 4 is 5.78 Å². The first-order valence-electron chi connectivity index (χ1n) is 9.30. The Labute approximate surface area is 134 Å². The van der Waals surface area contributed by atoms with Gasteiger partial charge in [0.05, 0.1) is 0 Å². The molecule has 22 heavy (non-hydrogen) atoms. The van der Waals surface area contributed by atoms with Gasteiger partial charge in [0.15, 0.2) is 5.78 Å². The van der Waals surface area contributed by atoms with Gasteiger partial charge < -0.3 is 0 Å². The third-order valence-electron chi connectivity index (χ3n) is 7.02. The zero-order chi connectivity index (χ0) is 15.2. The highest BCUT2D eigenvalue weighted by atomic mass is 16.1. The maximum Gasteiger partial charge on any atom is 0.156 e. The molecule has 0 heterocycles. The molecule has 4 rings (SSSR count). The summed E-state index contributed by atoms with van der Waals surface area (Å²) in [6, 6.07) is 0. The van der Waals surface area contributed by atoms with Gasteiger partial charge in [-0.2, -0.15) is 0 Å². The van der Waals surface area contributed by atoms with Crippen molar-refractivity contribution in [3.05, 3.63) is 34.9 Å². The Bertz CT molecular complexity index is 577. The fourth-order valence-electron chi connectivity index (χ4n) is 6.04. The second-order valence-electron chi connectivity index (χ2n) is 7.92. The van der Waals surface area contributed by atoms with E-state index in [1.807, 2.05) is 6.08 Å². The largest absolute Gasteiger partial charge is 0.295 e. The van der Waals surface area contributed by atoms with Crippen LogP contribution < -0.4 is 0 Å². The highest BCUT2D eigenvalue weighted by molar-refractivity contribution is 5.93. The molecule has 0 unspecified atom stereocenters. The highest BCUT2D eigenvalue weighted by Crippen LogP contribution is 2.61. The van der Waals surface area contributed by atoms with Crippen LogP contribution in [-0.4, -0.2) is 5.78 Å². The lowest BCUT2D eigenvalue weighted by atomic mass is 9.56. The third-order valence-corrected chi connectivity index (χ3v) is 7.02. The average Bonchev–Trinajstić information content (AvgIpc) is 2.96. The molecule has 3 atom stereocenters. The number of fused-ring (bicyclic) bond motifs is 4. The molecule has 0 aromatic rings. The molecule has 0 bridgehead atoms. The zero-order valence-electron chi connectivity index (χ0n) is 13.9. The molecule has 0 spiro atoms. The summed E-state index contributed by atoms with van der Waals surface area (Å²) in [5, 5.41) is 0. The van der Waals surface area contributed by atoms with Crippen LogP contribution in [0.2, 0.25) is 0 Å². The summed E-state index contributed by atoms with van der Waals surface area (Å²) in [4.78, 5) is 11.7. The number of allylic oxidation sites excluding steroid dienone is 6. The zero-order valence-corrected chi connectivity index (χ0v) is 13.9.